The van der Waals surface area contributed by atoms with E-state index in [1.807, 2.05) is 0 Å². The minimum Gasteiger partial charge on any atom is -0.504 e. The molecule has 0 unspecified atom stereocenters. The van der Waals surface area contributed by atoms with Gasteiger partial charge < -0.3 is 14.8 Å². The molecule has 0 aliphatic heterocycles. The summed E-state index contributed by atoms with van der Waals surface area (Å²) in [5, 5.41) is 13.3. The highest BCUT2D eigenvalue weighted by molar-refractivity contribution is 5.84. The van der Waals surface area contributed by atoms with Gasteiger partial charge >= 0.3 is 0 Å². The predicted molar refractivity (Wildman–Crippen MR) is 84.2 cm³/mol. The summed E-state index contributed by atoms with van der Waals surface area (Å²) in [5.41, 5.74) is 4.18. The molecule has 0 amide bonds. The van der Waals surface area contributed by atoms with Crippen molar-refractivity contribution in [2.45, 2.75) is 26.7 Å². The van der Waals surface area contributed by atoms with E-state index in [2.05, 4.69) is 43.9 Å². The first-order valence-corrected chi connectivity index (χ1v) is 6.93. The van der Waals surface area contributed by atoms with Crippen LogP contribution in [-0.4, -0.2) is 12.2 Å². The molecule has 0 atom stereocenters. The Balaban J connectivity index is 2.66. The van der Waals surface area contributed by atoms with Gasteiger partial charge in [-0.15, -0.1) is 0 Å². The van der Waals surface area contributed by atoms with Crippen LogP contribution in [0.3, 0.4) is 0 Å². The molecule has 0 aliphatic carbocycles. The molecule has 0 bridgehead atoms. The normalized spacial score (nSPS) is 10.6. The first-order valence-electron chi connectivity index (χ1n) is 6.93. The van der Waals surface area contributed by atoms with E-state index in [0.717, 1.165) is 18.4 Å². The first kappa shape index (κ1) is 14.3. The Hall–Kier alpha value is -2.16. The molecule has 0 saturated heterocycles. The Morgan fingerprint density at radius 3 is 2.25 bits per heavy atom. The molecule has 1 aromatic heterocycles. The lowest BCUT2D eigenvalue weighted by atomic mass is 9.98. The molecule has 0 spiro atoms. The molecule has 2 N–H and O–H groups in total. The zero-order valence-corrected chi connectivity index (χ0v) is 12.3. The van der Waals surface area contributed by atoms with Crippen molar-refractivity contribution in [3.8, 4) is 16.9 Å². The first-order chi connectivity index (χ1) is 9.64. The average molecular weight is 271 g/mol. The van der Waals surface area contributed by atoms with Crippen molar-refractivity contribution in [1.29, 1.82) is 0 Å². The largest absolute Gasteiger partial charge is 0.504 e. The Morgan fingerprint density at radius 1 is 1.20 bits per heavy atom. The predicted octanol–water partition coefficient (Wildman–Crippen LogP) is 4.46. The van der Waals surface area contributed by atoms with Gasteiger partial charge in [0.15, 0.2) is 11.5 Å². The molecule has 0 radical (unpaired) electrons. The van der Waals surface area contributed by atoms with Gasteiger partial charge in [0.1, 0.15) is 0 Å². The minimum absolute atomic E-state index is 0.139. The van der Waals surface area contributed by atoms with Gasteiger partial charge in [-0.2, -0.15) is 0 Å². The van der Waals surface area contributed by atoms with Gasteiger partial charge in [-0.3, -0.25) is 0 Å². The number of hydrogen-bond acceptors (Lipinski definition) is 3. The lowest BCUT2D eigenvalue weighted by Crippen LogP contribution is -1.92. The second kappa shape index (κ2) is 5.87. The van der Waals surface area contributed by atoms with E-state index in [1.54, 1.807) is 7.05 Å². The lowest BCUT2D eigenvalue weighted by Gasteiger charge is -2.08. The van der Waals surface area contributed by atoms with E-state index in [-0.39, 0.29) is 5.75 Å². The van der Waals surface area contributed by atoms with Crippen LogP contribution in [0.4, 0.5) is 5.88 Å². The van der Waals surface area contributed by atoms with Crippen molar-refractivity contribution in [1.82, 2.24) is 0 Å². The fraction of sp³-hybridized carbons (Fsp3) is 0.294. The quantitative estimate of drug-likeness (QED) is 0.843. The van der Waals surface area contributed by atoms with Crippen LogP contribution in [0.5, 0.6) is 5.75 Å². The standard InChI is InChI=1S/C17H21NO2/c1-5-11-8-12(6-2)10-13(9-11)15-16(19)14(7-3)20-17(15)18-4/h7-10,18-19H,3,5-6H2,1-2,4H3. The summed E-state index contributed by atoms with van der Waals surface area (Å²) in [4.78, 5) is 0. The molecule has 20 heavy (non-hydrogen) atoms. The van der Waals surface area contributed by atoms with Crippen LogP contribution in [0.25, 0.3) is 17.2 Å². The average Bonchev–Trinajstić information content (AvgIpc) is 2.82. The molecule has 3 nitrogen and oxygen atoms in total. The number of furan rings is 1. The Morgan fingerprint density at radius 2 is 1.80 bits per heavy atom. The zero-order valence-electron chi connectivity index (χ0n) is 12.3. The topological polar surface area (TPSA) is 45.4 Å². The minimum atomic E-state index is 0.139. The van der Waals surface area contributed by atoms with Crippen molar-refractivity contribution in [3.63, 3.8) is 0 Å². The molecule has 0 fully saturated rings. The van der Waals surface area contributed by atoms with Crippen LogP contribution < -0.4 is 5.32 Å². The molecular weight excluding hydrogens is 250 g/mol. The van der Waals surface area contributed by atoms with Gasteiger partial charge in [-0.1, -0.05) is 38.6 Å². The number of aromatic hydroxyl groups is 1. The summed E-state index contributed by atoms with van der Waals surface area (Å²) in [6, 6.07) is 6.39. The third kappa shape index (κ3) is 2.44. The van der Waals surface area contributed by atoms with Gasteiger partial charge in [0.25, 0.3) is 0 Å². The smallest absolute Gasteiger partial charge is 0.205 e. The lowest BCUT2D eigenvalue weighted by molar-refractivity contribution is 0.456. The van der Waals surface area contributed by atoms with E-state index >= 15 is 0 Å². The maximum Gasteiger partial charge on any atom is 0.205 e. The van der Waals surface area contributed by atoms with Crippen molar-refractivity contribution in [2.75, 3.05) is 12.4 Å². The highest BCUT2D eigenvalue weighted by Crippen LogP contribution is 2.42. The van der Waals surface area contributed by atoms with Gasteiger partial charge in [0.2, 0.25) is 5.88 Å². The molecule has 0 saturated carbocycles. The number of rotatable bonds is 5. The van der Waals surface area contributed by atoms with Crippen molar-refractivity contribution in [2.24, 2.45) is 0 Å². The number of aryl methyl sites for hydroxylation is 2. The van der Waals surface area contributed by atoms with Crippen LogP contribution in [0.15, 0.2) is 29.2 Å². The summed E-state index contributed by atoms with van der Waals surface area (Å²) in [6.07, 6.45) is 3.44. The maximum absolute atomic E-state index is 10.3. The molecule has 1 heterocycles. The molecule has 0 aliphatic rings. The molecule has 1 aromatic carbocycles. The third-order valence-corrected chi connectivity index (χ3v) is 3.48. The fourth-order valence-corrected chi connectivity index (χ4v) is 2.34. The van der Waals surface area contributed by atoms with Gasteiger partial charge in [0.05, 0.1) is 5.56 Å². The van der Waals surface area contributed by atoms with Gasteiger partial charge in [-0.25, -0.2) is 0 Å². The number of benzene rings is 1. The Bertz CT molecular complexity index is 604. The maximum atomic E-state index is 10.3. The molecule has 2 rings (SSSR count). The summed E-state index contributed by atoms with van der Waals surface area (Å²) in [7, 11) is 1.78. The summed E-state index contributed by atoms with van der Waals surface area (Å²) < 4.78 is 5.57. The highest BCUT2D eigenvalue weighted by Gasteiger charge is 2.19. The number of nitrogens with one attached hydrogen (secondary N) is 1. The van der Waals surface area contributed by atoms with Crippen molar-refractivity contribution < 1.29 is 9.52 Å². The van der Waals surface area contributed by atoms with Crippen LogP contribution in [0, 0.1) is 0 Å². The van der Waals surface area contributed by atoms with Gasteiger partial charge in [-0.05, 0) is 35.6 Å². The van der Waals surface area contributed by atoms with Crippen molar-refractivity contribution in [3.05, 3.63) is 41.7 Å². The van der Waals surface area contributed by atoms with E-state index in [9.17, 15) is 5.11 Å². The number of anilines is 1. The molecule has 3 heteroatoms. The molecular formula is C17H21NO2. The van der Waals surface area contributed by atoms with Crippen molar-refractivity contribution >= 4 is 12.0 Å². The SMILES string of the molecule is C=Cc1oc(NC)c(-c2cc(CC)cc(CC)c2)c1O. The van der Waals surface area contributed by atoms with Crippen LogP contribution in [-0.2, 0) is 12.8 Å². The van der Waals surface area contributed by atoms with Gasteiger partial charge in [0, 0.05) is 7.05 Å². The Kier molecular flexibility index (Phi) is 4.18. The van der Waals surface area contributed by atoms with Crippen LogP contribution in [0.2, 0.25) is 0 Å². The second-order valence-corrected chi connectivity index (χ2v) is 4.72. The summed E-state index contributed by atoms with van der Waals surface area (Å²) in [6.45, 7) is 7.91. The highest BCUT2D eigenvalue weighted by atomic mass is 16.4. The molecule has 2 aromatic rings. The monoisotopic (exact) mass is 271 g/mol. The zero-order chi connectivity index (χ0) is 14.7. The second-order valence-electron chi connectivity index (χ2n) is 4.72. The van der Waals surface area contributed by atoms with E-state index in [4.69, 9.17) is 4.42 Å². The number of hydrogen-bond donors (Lipinski definition) is 2. The molecule has 106 valence electrons. The van der Waals surface area contributed by atoms with E-state index in [1.165, 1.54) is 17.2 Å². The third-order valence-electron chi connectivity index (χ3n) is 3.48. The summed E-state index contributed by atoms with van der Waals surface area (Å²) >= 11 is 0. The Labute approximate surface area is 119 Å². The summed E-state index contributed by atoms with van der Waals surface area (Å²) in [5.74, 6) is 1.09. The van der Waals surface area contributed by atoms with E-state index in [0.29, 0.717) is 17.2 Å². The van der Waals surface area contributed by atoms with Crippen LogP contribution >= 0.6 is 0 Å². The van der Waals surface area contributed by atoms with Crippen LogP contribution in [0.1, 0.15) is 30.7 Å². The van der Waals surface area contributed by atoms with E-state index < -0.39 is 0 Å². The fourth-order valence-electron chi connectivity index (χ4n) is 2.34.